The molecule has 1 aliphatic rings. The molecule has 0 saturated carbocycles. The molecule has 1 heterocycles. The van der Waals surface area contributed by atoms with Crippen LogP contribution in [0.3, 0.4) is 0 Å². The largest absolute Gasteiger partial charge is 0.355 e. The van der Waals surface area contributed by atoms with Crippen molar-refractivity contribution in [2.75, 3.05) is 52.1 Å². The molecule has 26 heavy (non-hydrogen) atoms. The van der Waals surface area contributed by atoms with E-state index in [9.17, 15) is 13.2 Å². The summed E-state index contributed by atoms with van der Waals surface area (Å²) in [4.78, 5) is 20.3. The van der Waals surface area contributed by atoms with Crippen molar-refractivity contribution in [2.45, 2.75) is 45.4 Å². The summed E-state index contributed by atoms with van der Waals surface area (Å²) in [5, 5.41) is 6.05. The zero-order chi connectivity index (χ0) is 20.0. The molecule has 1 aliphatic heterocycles. The van der Waals surface area contributed by atoms with Crippen LogP contribution in [-0.2, 0) is 14.6 Å². The predicted molar refractivity (Wildman–Crippen MR) is 106 cm³/mol. The summed E-state index contributed by atoms with van der Waals surface area (Å²) in [5.41, 5.74) is 0. The van der Waals surface area contributed by atoms with Crippen LogP contribution in [0, 0.1) is 0 Å². The van der Waals surface area contributed by atoms with Crippen molar-refractivity contribution in [1.29, 1.82) is 0 Å². The Labute approximate surface area is 158 Å². The van der Waals surface area contributed by atoms with Gasteiger partial charge in [0.05, 0.1) is 17.0 Å². The normalized spacial score (nSPS) is 17.5. The lowest BCUT2D eigenvalue weighted by Crippen LogP contribution is -2.54. The summed E-state index contributed by atoms with van der Waals surface area (Å²) in [6, 6.07) is 0.149. The molecule has 9 heteroatoms. The Balaban J connectivity index is 2.44. The molecule has 0 aromatic heterocycles. The highest BCUT2D eigenvalue weighted by Crippen LogP contribution is 2.15. The average molecular weight is 390 g/mol. The zero-order valence-electron chi connectivity index (χ0n) is 17.0. The number of carbonyl (C=O) groups excluding carboxylic acids is 1. The SMILES string of the molecule is CN=C(NCCS(=O)(=O)C(C)(C)C)N1CCN(CC(=O)NC(C)C)CC1. The van der Waals surface area contributed by atoms with Crippen LogP contribution in [0.15, 0.2) is 4.99 Å². The van der Waals surface area contributed by atoms with E-state index < -0.39 is 14.6 Å². The monoisotopic (exact) mass is 389 g/mol. The van der Waals surface area contributed by atoms with Gasteiger partial charge in [0.2, 0.25) is 5.91 Å². The average Bonchev–Trinajstić information content (AvgIpc) is 2.50. The number of piperazine rings is 1. The van der Waals surface area contributed by atoms with Gasteiger partial charge in [0, 0.05) is 45.8 Å². The van der Waals surface area contributed by atoms with Gasteiger partial charge < -0.3 is 15.5 Å². The van der Waals surface area contributed by atoms with Crippen molar-refractivity contribution in [2.24, 2.45) is 4.99 Å². The molecular formula is C17H35N5O3S. The summed E-state index contributed by atoms with van der Waals surface area (Å²) in [5.74, 6) is 0.828. The highest BCUT2D eigenvalue weighted by atomic mass is 32.2. The number of amides is 1. The van der Waals surface area contributed by atoms with Gasteiger partial charge in [-0.2, -0.15) is 0 Å². The molecule has 1 rings (SSSR count). The summed E-state index contributed by atoms with van der Waals surface area (Å²) < 4.78 is 23.6. The molecule has 1 amide bonds. The van der Waals surface area contributed by atoms with E-state index >= 15 is 0 Å². The van der Waals surface area contributed by atoms with Gasteiger partial charge in [-0.25, -0.2) is 8.42 Å². The van der Waals surface area contributed by atoms with E-state index in [2.05, 4.69) is 25.4 Å². The van der Waals surface area contributed by atoms with Crippen molar-refractivity contribution >= 4 is 21.7 Å². The van der Waals surface area contributed by atoms with Gasteiger partial charge in [0.25, 0.3) is 0 Å². The van der Waals surface area contributed by atoms with Crippen LogP contribution in [0.2, 0.25) is 0 Å². The third kappa shape index (κ3) is 7.11. The number of hydrogen-bond acceptors (Lipinski definition) is 5. The van der Waals surface area contributed by atoms with Gasteiger partial charge in [-0.1, -0.05) is 0 Å². The maximum Gasteiger partial charge on any atom is 0.234 e. The molecule has 0 radical (unpaired) electrons. The van der Waals surface area contributed by atoms with Crippen LogP contribution >= 0.6 is 0 Å². The number of sulfone groups is 1. The second-order valence-corrected chi connectivity index (χ2v) is 10.8. The minimum absolute atomic E-state index is 0.0448. The minimum Gasteiger partial charge on any atom is -0.355 e. The molecule has 0 atom stereocenters. The lowest BCUT2D eigenvalue weighted by molar-refractivity contribution is -0.123. The predicted octanol–water partition coefficient (Wildman–Crippen LogP) is -0.0827. The molecule has 0 aliphatic carbocycles. The number of nitrogens with zero attached hydrogens (tertiary/aromatic N) is 3. The van der Waals surface area contributed by atoms with E-state index in [-0.39, 0.29) is 17.7 Å². The third-order valence-corrected chi connectivity index (χ3v) is 6.90. The molecule has 8 nitrogen and oxygen atoms in total. The molecule has 0 spiro atoms. The number of guanidine groups is 1. The molecule has 1 saturated heterocycles. The Kier molecular flexibility index (Phi) is 8.33. The Hall–Kier alpha value is -1.35. The van der Waals surface area contributed by atoms with E-state index in [4.69, 9.17) is 0 Å². The lowest BCUT2D eigenvalue weighted by Gasteiger charge is -2.36. The Bertz CT molecular complexity index is 588. The van der Waals surface area contributed by atoms with E-state index in [1.807, 2.05) is 13.8 Å². The fraction of sp³-hybridized carbons (Fsp3) is 0.882. The van der Waals surface area contributed by atoms with Gasteiger partial charge in [0.1, 0.15) is 0 Å². The summed E-state index contributed by atoms with van der Waals surface area (Å²) in [6.07, 6.45) is 0. The first-order valence-corrected chi connectivity index (χ1v) is 10.8. The first-order valence-electron chi connectivity index (χ1n) is 9.16. The van der Waals surface area contributed by atoms with E-state index in [1.165, 1.54) is 0 Å². The minimum atomic E-state index is -3.15. The molecule has 152 valence electrons. The van der Waals surface area contributed by atoms with Gasteiger partial charge >= 0.3 is 0 Å². The molecule has 0 aromatic rings. The highest BCUT2D eigenvalue weighted by Gasteiger charge is 2.28. The van der Waals surface area contributed by atoms with E-state index in [0.717, 1.165) is 26.2 Å². The van der Waals surface area contributed by atoms with Gasteiger partial charge in [0.15, 0.2) is 15.8 Å². The topological polar surface area (TPSA) is 94.1 Å². The number of carbonyl (C=O) groups is 1. The first kappa shape index (κ1) is 22.7. The molecule has 1 fully saturated rings. The van der Waals surface area contributed by atoms with Crippen LogP contribution in [0.4, 0.5) is 0 Å². The van der Waals surface area contributed by atoms with Crippen molar-refractivity contribution in [3.8, 4) is 0 Å². The summed E-state index contributed by atoms with van der Waals surface area (Å²) in [7, 11) is -1.46. The Morgan fingerprint density at radius 1 is 1.15 bits per heavy atom. The molecule has 2 N–H and O–H groups in total. The number of aliphatic imine (C=N–C) groups is 1. The first-order chi connectivity index (χ1) is 12.0. The Morgan fingerprint density at radius 2 is 1.73 bits per heavy atom. The van der Waals surface area contributed by atoms with Crippen LogP contribution in [-0.4, -0.2) is 92.9 Å². The summed E-state index contributed by atoms with van der Waals surface area (Å²) >= 11 is 0. The molecule has 0 bridgehead atoms. The second kappa shape index (κ2) is 9.55. The van der Waals surface area contributed by atoms with Gasteiger partial charge in [-0.15, -0.1) is 0 Å². The molecular weight excluding hydrogens is 354 g/mol. The quantitative estimate of drug-likeness (QED) is 0.487. The second-order valence-electron chi connectivity index (χ2n) is 7.89. The van der Waals surface area contributed by atoms with Crippen molar-refractivity contribution in [3.05, 3.63) is 0 Å². The third-order valence-electron chi connectivity index (χ3n) is 4.29. The van der Waals surface area contributed by atoms with Crippen molar-refractivity contribution < 1.29 is 13.2 Å². The molecule has 0 unspecified atom stereocenters. The smallest absolute Gasteiger partial charge is 0.234 e. The lowest BCUT2D eigenvalue weighted by atomic mass is 10.3. The van der Waals surface area contributed by atoms with Crippen LogP contribution in [0.1, 0.15) is 34.6 Å². The van der Waals surface area contributed by atoms with Crippen molar-refractivity contribution in [3.63, 3.8) is 0 Å². The Morgan fingerprint density at radius 3 is 2.19 bits per heavy atom. The number of nitrogens with one attached hydrogen (secondary N) is 2. The fourth-order valence-electron chi connectivity index (χ4n) is 2.62. The number of hydrogen-bond donors (Lipinski definition) is 2. The standard InChI is InChI=1S/C17H35N5O3S/c1-14(2)20-15(23)13-21-8-10-22(11-9-21)16(18-6)19-7-12-26(24,25)17(3,4)5/h14H,7-13H2,1-6H3,(H,18,19)(H,20,23). The summed E-state index contributed by atoms with van der Waals surface area (Å²) in [6.45, 7) is 12.8. The van der Waals surface area contributed by atoms with Gasteiger partial charge in [-0.3, -0.25) is 14.7 Å². The zero-order valence-corrected chi connectivity index (χ0v) is 17.8. The van der Waals surface area contributed by atoms with Crippen LogP contribution in [0.5, 0.6) is 0 Å². The van der Waals surface area contributed by atoms with E-state index in [0.29, 0.717) is 19.0 Å². The van der Waals surface area contributed by atoms with Crippen LogP contribution < -0.4 is 10.6 Å². The maximum atomic E-state index is 12.2. The fourth-order valence-corrected chi connectivity index (χ4v) is 3.61. The maximum absolute atomic E-state index is 12.2. The highest BCUT2D eigenvalue weighted by molar-refractivity contribution is 7.92. The van der Waals surface area contributed by atoms with Crippen molar-refractivity contribution in [1.82, 2.24) is 20.4 Å². The van der Waals surface area contributed by atoms with Crippen LogP contribution in [0.25, 0.3) is 0 Å². The number of rotatable bonds is 6. The molecule has 0 aromatic carbocycles. The van der Waals surface area contributed by atoms with E-state index in [1.54, 1.807) is 27.8 Å². The van der Waals surface area contributed by atoms with Gasteiger partial charge in [-0.05, 0) is 34.6 Å².